The third-order valence-electron chi connectivity index (χ3n) is 4.46. The fraction of sp³-hybridized carbons (Fsp3) is 0.200. The van der Waals surface area contributed by atoms with Crippen LogP contribution in [-0.2, 0) is 0 Å². The number of amides is 1. The van der Waals surface area contributed by atoms with E-state index in [9.17, 15) is 4.79 Å². The van der Waals surface area contributed by atoms with Crippen molar-refractivity contribution < 1.29 is 14.3 Å². The Morgan fingerprint density at radius 3 is 2.46 bits per heavy atom. The molecule has 0 unspecified atom stereocenters. The first-order chi connectivity index (χ1) is 12.6. The molecule has 6 nitrogen and oxygen atoms in total. The standard InChI is InChI=1S/C20H19N3O3/c1-13-14(2)23(12-21-13)17-6-4-16(5-7-17)22-20(24)15-3-8-18-19(11-15)26-10-9-25-18/h3-8,11-12H,9-10H2,1-2H3,(H,22,24). The lowest BCUT2D eigenvalue weighted by Crippen LogP contribution is -2.17. The molecular weight excluding hydrogens is 330 g/mol. The number of ether oxygens (including phenoxy) is 2. The lowest BCUT2D eigenvalue weighted by atomic mass is 10.1. The Morgan fingerprint density at radius 2 is 1.77 bits per heavy atom. The quantitative estimate of drug-likeness (QED) is 0.786. The number of nitrogens with one attached hydrogen (secondary N) is 1. The van der Waals surface area contributed by atoms with Gasteiger partial charge >= 0.3 is 0 Å². The second-order valence-corrected chi connectivity index (χ2v) is 6.14. The second-order valence-electron chi connectivity index (χ2n) is 6.14. The topological polar surface area (TPSA) is 65.4 Å². The molecule has 132 valence electrons. The van der Waals surface area contributed by atoms with Crippen LogP contribution in [0, 0.1) is 13.8 Å². The van der Waals surface area contributed by atoms with Gasteiger partial charge in [-0.15, -0.1) is 0 Å². The number of aromatic nitrogens is 2. The van der Waals surface area contributed by atoms with E-state index >= 15 is 0 Å². The van der Waals surface area contributed by atoms with Crippen LogP contribution in [0.25, 0.3) is 5.69 Å². The fourth-order valence-electron chi connectivity index (χ4n) is 2.85. The van der Waals surface area contributed by atoms with Crippen molar-refractivity contribution >= 4 is 11.6 Å². The zero-order valence-corrected chi connectivity index (χ0v) is 14.7. The largest absolute Gasteiger partial charge is 0.486 e. The van der Waals surface area contributed by atoms with Crippen LogP contribution in [0.15, 0.2) is 48.8 Å². The maximum absolute atomic E-state index is 12.5. The molecule has 0 saturated heterocycles. The van der Waals surface area contributed by atoms with Crippen molar-refractivity contribution in [3.63, 3.8) is 0 Å². The zero-order chi connectivity index (χ0) is 18.1. The summed E-state index contributed by atoms with van der Waals surface area (Å²) in [5, 5.41) is 2.90. The van der Waals surface area contributed by atoms with Crippen LogP contribution < -0.4 is 14.8 Å². The minimum atomic E-state index is -0.190. The summed E-state index contributed by atoms with van der Waals surface area (Å²) >= 11 is 0. The smallest absolute Gasteiger partial charge is 0.255 e. The number of rotatable bonds is 3. The van der Waals surface area contributed by atoms with Crippen LogP contribution in [-0.4, -0.2) is 28.7 Å². The van der Waals surface area contributed by atoms with Gasteiger partial charge in [-0.3, -0.25) is 4.79 Å². The molecule has 0 saturated carbocycles. The maximum Gasteiger partial charge on any atom is 0.255 e. The van der Waals surface area contributed by atoms with E-state index in [0.717, 1.165) is 22.8 Å². The summed E-state index contributed by atoms with van der Waals surface area (Å²) in [6, 6.07) is 12.8. The summed E-state index contributed by atoms with van der Waals surface area (Å²) < 4.78 is 13.0. The average Bonchev–Trinajstić information content (AvgIpc) is 3.01. The molecule has 0 aliphatic carbocycles. The van der Waals surface area contributed by atoms with Crippen molar-refractivity contribution in [2.45, 2.75) is 13.8 Å². The van der Waals surface area contributed by atoms with Crippen LogP contribution in [0.5, 0.6) is 11.5 Å². The predicted octanol–water partition coefficient (Wildman–Crippen LogP) is 3.51. The normalized spacial score (nSPS) is 12.7. The minimum absolute atomic E-state index is 0.190. The molecule has 4 rings (SSSR count). The minimum Gasteiger partial charge on any atom is -0.486 e. The molecule has 1 aliphatic heterocycles. The monoisotopic (exact) mass is 349 g/mol. The first kappa shape index (κ1) is 16.2. The zero-order valence-electron chi connectivity index (χ0n) is 14.7. The Labute approximate surface area is 151 Å². The predicted molar refractivity (Wildman–Crippen MR) is 98.4 cm³/mol. The highest BCUT2D eigenvalue weighted by Gasteiger charge is 2.15. The molecule has 0 bridgehead atoms. The molecule has 0 spiro atoms. The summed E-state index contributed by atoms with van der Waals surface area (Å²) in [6.07, 6.45) is 1.80. The Balaban J connectivity index is 1.50. The van der Waals surface area contributed by atoms with Crippen molar-refractivity contribution in [3.05, 3.63) is 65.7 Å². The first-order valence-electron chi connectivity index (χ1n) is 8.44. The van der Waals surface area contributed by atoms with Gasteiger partial charge in [-0.05, 0) is 56.3 Å². The molecule has 2 heterocycles. The van der Waals surface area contributed by atoms with Gasteiger partial charge in [-0.25, -0.2) is 4.98 Å². The van der Waals surface area contributed by atoms with Crippen LogP contribution in [0.1, 0.15) is 21.7 Å². The van der Waals surface area contributed by atoms with Gasteiger partial charge in [0.15, 0.2) is 11.5 Å². The van der Waals surface area contributed by atoms with Crippen molar-refractivity contribution in [2.24, 2.45) is 0 Å². The van der Waals surface area contributed by atoms with Gasteiger partial charge in [-0.2, -0.15) is 0 Å². The van der Waals surface area contributed by atoms with Crippen molar-refractivity contribution in [1.82, 2.24) is 9.55 Å². The van der Waals surface area contributed by atoms with E-state index in [0.29, 0.717) is 30.3 Å². The highest BCUT2D eigenvalue weighted by Crippen LogP contribution is 2.31. The number of hydrogen-bond donors (Lipinski definition) is 1. The Morgan fingerprint density at radius 1 is 1.04 bits per heavy atom. The van der Waals surface area contributed by atoms with Gasteiger partial charge in [0.2, 0.25) is 0 Å². The number of nitrogens with zero attached hydrogens (tertiary/aromatic N) is 2. The van der Waals surface area contributed by atoms with Gasteiger partial charge in [0.1, 0.15) is 13.2 Å². The summed E-state index contributed by atoms with van der Waals surface area (Å²) in [4.78, 5) is 16.8. The van der Waals surface area contributed by atoms with Gasteiger partial charge < -0.3 is 19.4 Å². The van der Waals surface area contributed by atoms with E-state index in [1.165, 1.54) is 0 Å². The summed E-state index contributed by atoms with van der Waals surface area (Å²) in [5.41, 5.74) is 4.35. The number of imidazole rings is 1. The first-order valence-corrected chi connectivity index (χ1v) is 8.44. The van der Waals surface area contributed by atoms with E-state index in [1.807, 2.05) is 42.7 Å². The molecule has 0 radical (unpaired) electrons. The van der Waals surface area contributed by atoms with E-state index in [1.54, 1.807) is 24.5 Å². The van der Waals surface area contributed by atoms with E-state index in [4.69, 9.17) is 9.47 Å². The van der Waals surface area contributed by atoms with Gasteiger partial charge in [0, 0.05) is 22.6 Å². The number of benzene rings is 2. The molecule has 3 aromatic rings. The average molecular weight is 349 g/mol. The number of fused-ring (bicyclic) bond motifs is 1. The van der Waals surface area contributed by atoms with E-state index in [2.05, 4.69) is 10.3 Å². The SMILES string of the molecule is Cc1ncn(-c2ccc(NC(=O)c3ccc4c(c3)OCCO4)cc2)c1C. The summed E-state index contributed by atoms with van der Waals surface area (Å²) in [7, 11) is 0. The van der Waals surface area contributed by atoms with Crippen LogP contribution in [0.4, 0.5) is 5.69 Å². The van der Waals surface area contributed by atoms with Crippen LogP contribution in [0.2, 0.25) is 0 Å². The van der Waals surface area contributed by atoms with E-state index in [-0.39, 0.29) is 5.91 Å². The molecule has 1 N–H and O–H groups in total. The van der Waals surface area contributed by atoms with Crippen molar-refractivity contribution in [3.8, 4) is 17.2 Å². The van der Waals surface area contributed by atoms with Crippen LogP contribution in [0.3, 0.4) is 0 Å². The number of carbonyl (C=O) groups excluding carboxylic acids is 1. The molecule has 2 aromatic carbocycles. The third-order valence-corrected chi connectivity index (χ3v) is 4.46. The maximum atomic E-state index is 12.5. The summed E-state index contributed by atoms with van der Waals surface area (Å²) in [6.45, 7) is 5.03. The van der Waals surface area contributed by atoms with Crippen molar-refractivity contribution in [2.75, 3.05) is 18.5 Å². The van der Waals surface area contributed by atoms with Gasteiger partial charge in [0.05, 0.1) is 12.0 Å². The Hall–Kier alpha value is -3.28. The molecule has 26 heavy (non-hydrogen) atoms. The Kier molecular flexibility index (Phi) is 4.08. The van der Waals surface area contributed by atoms with Crippen molar-refractivity contribution in [1.29, 1.82) is 0 Å². The molecule has 6 heteroatoms. The highest BCUT2D eigenvalue weighted by molar-refractivity contribution is 6.04. The Bertz CT molecular complexity index is 961. The number of carbonyl (C=O) groups is 1. The van der Waals surface area contributed by atoms with Crippen LogP contribution >= 0.6 is 0 Å². The highest BCUT2D eigenvalue weighted by atomic mass is 16.6. The number of anilines is 1. The fourth-order valence-corrected chi connectivity index (χ4v) is 2.85. The number of aryl methyl sites for hydroxylation is 1. The molecular formula is C20H19N3O3. The molecule has 0 atom stereocenters. The molecule has 1 amide bonds. The molecule has 1 aliphatic rings. The lowest BCUT2D eigenvalue weighted by molar-refractivity contribution is 0.102. The lowest BCUT2D eigenvalue weighted by Gasteiger charge is -2.18. The second kappa shape index (κ2) is 6.55. The number of hydrogen-bond acceptors (Lipinski definition) is 4. The summed E-state index contributed by atoms with van der Waals surface area (Å²) in [5.74, 6) is 1.08. The molecule has 1 aromatic heterocycles. The third kappa shape index (κ3) is 3.01. The van der Waals surface area contributed by atoms with E-state index < -0.39 is 0 Å². The van der Waals surface area contributed by atoms with Gasteiger partial charge in [0.25, 0.3) is 5.91 Å². The molecule has 0 fully saturated rings. The van der Waals surface area contributed by atoms with Gasteiger partial charge in [-0.1, -0.05) is 0 Å².